The maximum absolute atomic E-state index is 15.0. The number of carbonyl (C=O) groups is 2. The van der Waals surface area contributed by atoms with Crippen LogP contribution in [0.15, 0.2) is 60.9 Å². The highest BCUT2D eigenvalue weighted by molar-refractivity contribution is 5.92. The van der Waals surface area contributed by atoms with Gasteiger partial charge in [0.2, 0.25) is 0 Å². The summed E-state index contributed by atoms with van der Waals surface area (Å²) >= 11 is 0. The highest BCUT2D eigenvalue weighted by Crippen LogP contribution is 2.44. The molecule has 2 aromatic carbocycles. The van der Waals surface area contributed by atoms with Crippen LogP contribution in [-0.4, -0.2) is 36.3 Å². The maximum atomic E-state index is 15.0. The third-order valence-electron chi connectivity index (χ3n) is 6.33. The average molecular weight is 459 g/mol. The summed E-state index contributed by atoms with van der Waals surface area (Å²) in [4.78, 5) is 31.3. The van der Waals surface area contributed by atoms with Gasteiger partial charge in [-0.05, 0) is 48.2 Å². The number of fused-ring (bicyclic) bond motifs is 1. The fourth-order valence-corrected chi connectivity index (χ4v) is 4.55. The molecule has 0 spiro atoms. The van der Waals surface area contributed by atoms with Gasteiger partial charge in [-0.2, -0.15) is 0 Å². The highest BCUT2D eigenvalue weighted by atomic mass is 19.1. The number of rotatable bonds is 4. The molecule has 0 aliphatic heterocycles. The number of benzene rings is 2. The topological polar surface area (TPSA) is 53.5 Å². The summed E-state index contributed by atoms with van der Waals surface area (Å²) in [5.41, 5.74) is 1.34. The van der Waals surface area contributed by atoms with Crippen molar-refractivity contribution in [3.63, 3.8) is 0 Å². The molecule has 172 valence electrons. The van der Waals surface area contributed by atoms with Crippen LogP contribution in [0.2, 0.25) is 0 Å². The molecule has 0 fully saturated rings. The first kappa shape index (κ1) is 23.1. The smallest absolute Gasteiger partial charge is 0.317 e. The van der Waals surface area contributed by atoms with Crippen molar-refractivity contribution in [1.82, 2.24) is 9.88 Å². The SMILES string of the molecule is CN(C(=O)N(C)[C@]1(CC=O)CCc2ccccc21)c1c(F)cc(C#Cc2cccnc2)cc1F. The Bertz CT molecular complexity index is 1280. The Labute approximate surface area is 197 Å². The number of carbonyl (C=O) groups excluding carboxylic acids is 2. The number of aldehydes is 1. The first-order valence-electron chi connectivity index (χ1n) is 10.8. The second-order valence-corrected chi connectivity index (χ2v) is 8.24. The summed E-state index contributed by atoms with van der Waals surface area (Å²) in [5, 5.41) is 0. The van der Waals surface area contributed by atoms with Crippen molar-refractivity contribution in [2.75, 3.05) is 19.0 Å². The van der Waals surface area contributed by atoms with Gasteiger partial charge in [0.1, 0.15) is 12.0 Å². The second kappa shape index (κ2) is 9.44. The standard InChI is InChI=1S/C27H23F2N3O2/c1-31(25-23(28)16-20(17-24(25)29)10-9-19-6-5-14-30-18-19)26(34)32(2)27(13-15-33)12-11-21-7-3-4-8-22(21)27/h3-8,14-18H,11-13H2,1-2H3/t27-/m0/s1. The van der Waals surface area contributed by atoms with E-state index in [1.807, 2.05) is 24.3 Å². The third kappa shape index (κ3) is 4.15. The summed E-state index contributed by atoms with van der Waals surface area (Å²) in [5.74, 6) is 3.71. The lowest BCUT2D eigenvalue weighted by Gasteiger charge is -2.40. The van der Waals surface area contributed by atoms with E-state index in [1.165, 1.54) is 11.9 Å². The molecule has 0 saturated heterocycles. The molecule has 4 rings (SSSR count). The van der Waals surface area contributed by atoms with Crippen LogP contribution in [0.4, 0.5) is 19.3 Å². The number of pyridine rings is 1. The molecule has 1 aliphatic rings. The van der Waals surface area contributed by atoms with Crippen LogP contribution in [0, 0.1) is 23.5 Å². The van der Waals surface area contributed by atoms with E-state index < -0.39 is 28.9 Å². The van der Waals surface area contributed by atoms with Crippen molar-refractivity contribution in [2.24, 2.45) is 0 Å². The average Bonchev–Trinajstić information content (AvgIpc) is 3.22. The Morgan fingerprint density at radius 1 is 1.09 bits per heavy atom. The number of halogens is 2. The van der Waals surface area contributed by atoms with Crippen molar-refractivity contribution in [2.45, 2.75) is 24.8 Å². The number of anilines is 1. The van der Waals surface area contributed by atoms with Crippen molar-refractivity contribution in [1.29, 1.82) is 0 Å². The molecule has 34 heavy (non-hydrogen) atoms. The molecule has 7 heteroatoms. The Morgan fingerprint density at radius 3 is 2.47 bits per heavy atom. The molecular formula is C27H23F2N3O2. The molecule has 0 saturated carbocycles. The van der Waals surface area contributed by atoms with Crippen molar-refractivity contribution < 1.29 is 18.4 Å². The predicted octanol–water partition coefficient (Wildman–Crippen LogP) is 4.68. The number of amides is 2. The minimum atomic E-state index is -0.906. The van der Waals surface area contributed by atoms with E-state index in [0.717, 1.165) is 34.4 Å². The first-order chi connectivity index (χ1) is 16.4. The molecule has 0 N–H and O–H groups in total. The number of nitrogens with zero attached hydrogens (tertiary/aromatic N) is 3. The zero-order chi connectivity index (χ0) is 24.3. The van der Waals surface area contributed by atoms with Crippen molar-refractivity contribution >= 4 is 18.0 Å². The zero-order valence-electron chi connectivity index (χ0n) is 18.9. The van der Waals surface area contributed by atoms with E-state index in [0.29, 0.717) is 18.4 Å². The molecule has 1 heterocycles. The monoisotopic (exact) mass is 459 g/mol. The van der Waals surface area contributed by atoms with Crippen LogP contribution < -0.4 is 4.90 Å². The van der Waals surface area contributed by atoms with Gasteiger partial charge in [-0.1, -0.05) is 36.1 Å². The van der Waals surface area contributed by atoms with Gasteiger partial charge in [0.05, 0.1) is 5.54 Å². The molecule has 0 radical (unpaired) electrons. The Hall–Kier alpha value is -4.05. The largest absolute Gasteiger partial charge is 0.324 e. The van der Waals surface area contributed by atoms with E-state index >= 15 is 0 Å². The van der Waals surface area contributed by atoms with Crippen LogP contribution >= 0.6 is 0 Å². The molecule has 0 bridgehead atoms. The van der Waals surface area contributed by atoms with Crippen LogP contribution in [0.25, 0.3) is 0 Å². The summed E-state index contributed by atoms with van der Waals surface area (Å²) in [7, 11) is 2.88. The van der Waals surface area contributed by atoms with Gasteiger partial charge in [-0.25, -0.2) is 13.6 Å². The molecule has 2 amide bonds. The Kier molecular flexibility index (Phi) is 6.42. The lowest BCUT2D eigenvalue weighted by Crippen LogP contribution is -2.51. The number of hydrogen-bond donors (Lipinski definition) is 0. The van der Waals surface area contributed by atoms with Gasteiger partial charge < -0.3 is 9.69 Å². The summed E-state index contributed by atoms with van der Waals surface area (Å²) < 4.78 is 30.0. The maximum Gasteiger partial charge on any atom is 0.324 e. The number of aryl methyl sites for hydroxylation is 1. The van der Waals surface area contributed by atoms with Gasteiger partial charge in [-0.15, -0.1) is 0 Å². The van der Waals surface area contributed by atoms with Crippen LogP contribution in [0.1, 0.15) is 35.1 Å². The Balaban J connectivity index is 1.64. The summed E-state index contributed by atoms with van der Waals surface area (Å²) in [6.07, 6.45) is 5.28. The van der Waals surface area contributed by atoms with E-state index in [2.05, 4.69) is 16.8 Å². The second-order valence-electron chi connectivity index (χ2n) is 8.24. The quantitative estimate of drug-likeness (QED) is 0.421. The molecule has 1 aromatic heterocycles. The van der Waals surface area contributed by atoms with E-state index in [9.17, 15) is 18.4 Å². The van der Waals surface area contributed by atoms with E-state index in [4.69, 9.17) is 0 Å². The number of hydrogen-bond acceptors (Lipinski definition) is 3. The van der Waals surface area contributed by atoms with Crippen LogP contribution in [0.5, 0.6) is 0 Å². The van der Waals surface area contributed by atoms with E-state index in [-0.39, 0.29) is 12.0 Å². The lowest BCUT2D eigenvalue weighted by molar-refractivity contribution is -0.110. The molecule has 0 unspecified atom stereocenters. The predicted molar refractivity (Wildman–Crippen MR) is 125 cm³/mol. The minimum absolute atomic E-state index is 0.0912. The lowest BCUT2D eigenvalue weighted by atomic mass is 9.87. The third-order valence-corrected chi connectivity index (χ3v) is 6.33. The van der Waals surface area contributed by atoms with Gasteiger partial charge in [0.15, 0.2) is 11.6 Å². The molecule has 1 aliphatic carbocycles. The summed E-state index contributed by atoms with van der Waals surface area (Å²) in [6, 6.07) is 12.6. The zero-order valence-corrected chi connectivity index (χ0v) is 18.9. The van der Waals surface area contributed by atoms with Gasteiger partial charge >= 0.3 is 6.03 Å². The van der Waals surface area contributed by atoms with Gasteiger partial charge in [0, 0.05) is 44.0 Å². The fourth-order valence-electron chi connectivity index (χ4n) is 4.55. The van der Waals surface area contributed by atoms with Crippen LogP contribution in [-0.2, 0) is 16.8 Å². The van der Waals surface area contributed by atoms with Gasteiger partial charge in [-0.3, -0.25) is 9.88 Å². The first-order valence-corrected chi connectivity index (χ1v) is 10.8. The fraction of sp³-hybridized carbons (Fsp3) is 0.222. The van der Waals surface area contributed by atoms with Crippen molar-refractivity contribution in [3.05, 3.63) is 94.8 Å². The Morgan fingerprint density at radius 2 is 1.79 bits per heavy atom. The number of aromatic nitrogens is 1. The molecule has 5 nitrogen and oxygen atoms in total. The normalized spacial score (nSPS) is 16.2. The molecule has 1 atom stereocenters. The number of urea groups is 1. The molecule has 3 aromatic rings. The van der Waals surface area contributed by atoms with Crippen molar-refractivity contribution in [3.8, 4) is 11.8 Å². The van der Waals surface area contributed by atoms with E-state index in [1.54, 1.807) is 31.6 Å². The minimum Gasteiger partial charge on any atom is -0.317 e. The highest BCUT2D eigenvalue weighted by Gasteiger charge is 2.45. The molecular weight excluding hydrogens is 436 g/mol. The van der Waals surface area contributed by atoms with Gasteiger partial charge in [0.25, 0.3) is 0 Å². The summed E-state index contributed by atoms with van der Waals surface area (Å²) in [6.45, 7) is 0. The van der Waals surface area contributed by atoms with Crippen LogP contribution in [0.3, 0.4) is 0 Å².